The van der Waals surface area contributed by atoms with Crippen molar-refractivity contribution in [3.8, 4) is 5.75 Å². The van der Waals surface area contributed by atoms with Crippen LogP contribution in [0.25, 0.3) is 0 Å². The van der Waals surface area contributed by atoms with Crippen LogP contribution in [-0.2, 0) is 4.79 Å². The molecule has 2 amide bonds. The Bertz CT molecular complexity index is 514. The Morgan fingerprint density at radius 1 is 1.45 bits per heavy atom. The predicted molar refractivity (Wildman–Crippen MR) is 76.1 cm³/mol. The highest BCUT2D eigenvalue weighted by Crippen LogP contribution is 2.31. The fourth-order valence-electron chi connectivity index (χ4n) is 1.99. The smallest absolute Gasteiger partial charge is 0.262 e. The van der Waals surface area contributed by atoms with Gasteiger partial charge in [-0.15, -0.1) is 0 Å². The molecule has 1 aliphatic heterocycles. The molecule has 2 N–H and O–H groups in total. The fraction of sp³-hybridized carbons (Fsp3) is 0.429. The summed E-state index contributed by atoms with van der Waals surface area (Å²) in [6, 6.07) is 5.13. The molecule has 6 heteroatoms. The van der Waals surface area contributed by atoms with Gasteiger partial charge < -0.3 is 20.3 Å². The van der Waals surface area contributed by atoms with Crippen molar-refractivity contribution >= 4 is 17.5 Å². The molecule has 0 bridgehead atoms. The van der Waals surface area contributed by atoms with Crippen molar-refractivity contribution in [1.82, 2.24) is 10.2 Å². The van der Waals surface area contributed by atoms with E-state index in [1.54, 1.807) is 18.2 Å². The Morgan fingerprint density at radius 3 is 3.00 bits per heavy atom. The third-order valence-corrected chi connectivity index (χ3v) is 2.95. The largest absolute Gasteiger partial charge is 0.481 e. The second kappa shape index (κ2) is 6.38. The average molecular weight is 277 g/mol. The summed E-state index contributed by atoms with van der Waals surface area (Å²) in [6.07, 6.45) is 0.880. The second-order valence-corrected chi connectivity index (χ2v) is 4.93. The molecule has 0 atom stereocenters. The molecule has 0 saturated carbocycles. The first kappa shape index (κ1) is 14.3. The first-order valence-corrected chi connectivity index (χ1v) is 6.56. The van der Waals surface area contributed by atoms with Crippen molar-refractivity contribution in [1.29, 1.82) is 0 Å². The van der Waals surface area contributed by atoms with Gasteiger partial charge in [-0.1, -0.05) is 6.07 Å². The van der Waals surface area contributed by atoms with Crippen molar-refractivity contribution in [3.63, 3.8) is 0 Å². The zero-order valence-corrected chi connectivity index (χ0v) is 11.7. The van der Waals surface area contributed by atoms with Gasteiger partial charge in [0, 0.05) is 6.54 Å². The van der Waals surface area contributed by atoms with E-state index in [-0.39, 0.29) is 18.4 Å². The SMILES string of the molecule is CN(C)CCCNC(=O)c1cccc2c1OCC(=O)N2. The normalized spacial score (nSPS) is 13.4. The number of fused-ring (bicyclic) bond motifs is 1. The molecule has 0 aliphatic carbocycles. The summed E-state index contributed by atoms with van der Waals surface area (Å²) in [5.74, 6) is 0.0509. The average Bonchev–Trinajstić information content (AvgIpc) is 2.42. The Kier molecular flexibility index (Phi) is 4.57. The van der Waals surface area contributed by atoms with E-state index >= 15 is 0 Å². The van der Waals surface area contributed by atoms with Gasteiger partial charge >= 0.3 is 0 Å². The van der Waals surface area contributed by atoms with Crippen LogP contribution >= 0.6 is 0 Å². The number of carbonyl (C=O) groups excluding carboxylic acids is 2. The molecule has 20 heavy (non-hydrogen) atoms. The van der Waals surface area contributed by atoms with E-state index in [0.29, 0.717) is 23.5 Å². The van der Waals surface area contributed by atoms with Crippen molar-refractivity contribution in [3.05, 3.63) is 23.8 Å². The second-order valence-electron chi connectivity index (χ2n) is 4.93. The Morgan fingerprint density at radius 2 is 2.25 bits per heavy atom. The lowest BCUT2D eigenvalue weighted by atomic mass is 10.1. The summed E-state index contributed by atoms with van der Waals surface area (Å²) in [5, 5.41) is 5.54. The molecule has 1 aromatic rings. The van der Waals surface area contributed by atoms with Gasteiger partial charge in [-0.25, -0.2) is 0 Å². The number of benzene rings is 1. The van der Waals surface area contributed by atoms with E-state index in [2.05, 4.69) is 15.5 Å². The topological polar surface area (TPSA) is 70.7 Å². The Balaban J connectivity index is 2.00. The molecule has 108 valence electrons. The molecular weight excluding hydrogens is 258 g/mol. The maximum atomic E-state index is 12.1. The molecule has 0 aromatic heterocycles. The lowest BCUT2D eigenvalue weighted by Crippen LogP contribution is -2.30. The zero-order valence-electron chi connectivity index (χ0n) is 11.7. The number of amides is 2. The van der Waals surface area contributed by atoms with Crippen LogP contribution < -0.4 is 15.4 Å². The predicted octanol–water partition coefficient (Wildman–Crippen LogP) is 0.699. The van der Waals surface area contributed by atoms with Crippen molar-refractivity contribution in [2.45, 2.75) is 6.42 Å². The molecule has 2 rings (SSSR count). The van der Waals surface area contributed by atoms with Gasteiger partial charge in [-0.3, -0.25) is 9.59 Å². The quantitative estimate of drug-likeness (QED) is 0.777. The van der Waals surface area contributed by atoms with Crippen molar-refractivity contribution in [2.75, 3.05) is 39.1 Å². The minimum absolute atomic E-state index is 0.0576. The summed E-state index contributed by atoms with van der Waals surface area (Å²) in [5.41, 5.74) is 0.995. The van der Waals surface area contributed by atoms with Crippen LogP contribution in [0.5, 0.6) is 5.75 Å². The highest BCUT2D eigenvalue weighted by atomic mass is 16.5. The van der Waals surface area contributed by atoms with Crippen LogP contribution in [0.4, 0.5) is 5.69 Å². The van der Waals surface area contributed by atoms with E-state index in [1.807, 2.05) is 14.1 Å². The van der Waals surface area contributed by atoms with E-state index in [0.717, 1.165) is 13.0 Å². The lowest BCUT2D eigenvalue weighted by molar-refractivity contribution is -0.118. The Labute approximate surface area is 118 Å². The van der Waals surface area contributed by atoms with Gasteiger partial charge in [0.2, 0.25) is 0 Å². The molecule has 0 radical (unpaired) electrons. The molecule has 0 fully saturated rings. The molecule has 1 heterocycles. The number of hydrogen-bond acceptors (Lipinski definition) is 4. The van der Waals surface area contributed by atoms with Crippen LogP contribution in [0, 0.1) is 0 Å². The maximum Gasteiger partial charge on any atom is 0.262 e. The minimum Gasteiger partial charge on any atom is -0.481 e. The molecular formula is C14H19N3O3. The minimum atomic E-state index is -0.207. The van der Waals surface area contributed by atoms with E-state index in [9.17, 15) is 9.59 Å². The highest BCUT2D eigenvalue weighted by molar-refractivity contribution is 6.03. The van der Waals surface area contributed by atoms with Gasteiger partial charge in [-0.2, -0.15) is 0 Å². The Hall–Kier alpha value is -2.08. The third kappa shape index (κ3) is 3.48. The number of nitrogens with one attached hydrogen (secondary N) is 2. The van der Waals surface area contributed by atoms with Crippen LogP contribution in [0.2, 0.25) is 0 Å². The summed E-state index contributed by atoms with van der Waals surface area (Å²) < 4.78 is 5.35. The third-order valence-electron chi connectivity index (χ3n) is 2.95. The number of nitrogens with zero attached hydrogens (tertiary/aromatic N) is 1. The standard InChI is InChI=1S/C14H19N3O3/c1-17(2)8-4-7-15-14(19)10-5-3-6-11-13(10)20-9-12(18)16-11/h3,5-6H,4,7-9H2,1-2H3,(H,15,19)(H,16,18). The van der Waals surface area contributed by atoms with E-state index < -0.39 is 0 Å². The molecule has 0 unspecified atom stereocenters. The van der Waals surface area contributed by atoms with Crippen molar-refractivity contribution < 1.29 is 14.3 Å². The van der Waals surface area contributed by atoms with E-state index in [4.69, 9.17) is 4.74 Å². The first-order valence-electron chi connectivity index (χ1n) is 6.56. The summed E-state index contributed by atoms with van der Waals surface area (Å²) in [7, 11) is 3.98. The maximum absolute atomic E-state index is 12.1. The van der Waals surface area contributed by atoms with Gasteiger partial charge in [0.05, 0.1) is 11.3 Å². The molecule has 6 nitrogen and oxygen atoms in total. The number of anilines is 1. The van der Waals surface area contributed by atoms with Gasteiger partial charge in [0.25, 0.3) is 11.8 Å². The zero-order chi connectivity index (χ0) is 14.5. The lowest BCUT2D eigenvalue weighted by Gasteiger charge is -2.20. The molecule has 1 aliphatic rings. The summed E-state index contributed by atoms with van der Waals surface area (Å²) >= 11 is 0. The summed E-state index contributed by atoms with van der Waals surface area (Å²) in [4.78, 5) is 25.4. The fourth-order valence-corrected chi connectivity index (χ4v) is 1.99. The number of rotatable bonds is 5. The molecule has 0 spiro atoms. The van der Waals surface area contributed by atoms with Gasteiger partial charge in [0.1, 0.15) is 0 Å². The van der Waals surface area contributed by atoms with Gasteiger partial charge in [0.15, 0.2) is 12.4 Å². The van der Waals surface area contributed by atoms with E-state index in [1.165, 1.54) is 0 Å². The first-order chi connectivity index (χ1) is 9.58. The molecule has 1 aromatic carbocycles. The van der Waals surface area contributed by atoms with Gasteiger partial charge in [-0.05, 0) is 39.2 Å². The monoisotopic (exact) mass is 277 g/mol. The van der Waals surface area contributed by atoms with Crippen LogP contribution in [0.3, 0.4) is 0 Å². The van der Waals surface area contributed by atoms with Crippen LogP contribution in [0.1, 0.15) is 16.8 Å². The number of carbonyl (C=O) groups is 2. The summed E-state index contributed by atoms with van der Waals surface area (Å²) in [6.45, 7) is 1.46. The van der Waals surface area contributed by atoms with Crippen LogP contribution in [0.15, 0.2) is 18.2 Å². The van der Waals surface area contributed by atoms with Crippen molar-refractivity contribution in [2.24, 2.45) is 0 Å². The highest BCUT2D eigenvalue weighted by Gasteiger charge is 2.21. The number of ether oxygens (including phenoxy) is 1. The molecule has 0 saturated heterocycles. The number of para-hydroxylation sites is 1. The van der Waals surface area contributed by atoms with Crippen LogP contribution in [-0.4, -0.2) is 50.5 Å². The number of hydrogen-bond donors (Lipinski definition) is 2.